The number of fused-ring (bicyclic) bond motifs is 3. The Morgan fingerprint density at radius 2 is 1.31 bits per heavy atom. The number of halogens is 2. The van der Waals surface area contributed by atoms with E-state index in [4.69, 9.17) is 17.2 Å². The van der Waals surface area contributed by atoms with Crippen molar-refractivity contribution in [3.63, 3.8) is 0 Å². The molecule has 4 aromatic carbocycles. The van der Waals surface area contributed by atoms with Gasteiger partial charge in [0.1, 0.15) is 0 Å². The first kappa shape index (κ1) is 26.1. The average Bonchev–Trinajstić information content (AvgIpc) is 3.29. The van der Waals surface area contributed by atoms with Gasteiger partial charge in [-0.05, 0) is 0 Å². The Balaban J connectivity index is 1.70. The molecule has 5 rings (SSSR count). The third kappa shape index (κ3) is 4.98. The van der Waals surface area contributed by atoms with Crippen LogP contribution < -0.4 is 17.0 Å². The predicted molar refractivity (Wildman–Crippen MR) is 157 cm³/mol. The van der Waals surface area contributed by atoms with Gasteiger partial charge in [0.2, 0.25) is 0 Å². The molecular weight excluding hydrogens is 664 g/mol. The first-order chi connectivity index (χ1) is 17.5. The summed E-state index contributed by atoms with van der Waals surface area (Å²) < 4.78 is 5.24. The molecule has 1 aliphatic rings. The van der Waals surface area contributed by atoms with Crippen molar-refractivity contribution in [3.8, 4) is 11.1 Å². The minimum absolute atomic E-state index is 0.864. The van der Waals surface area contributed by atoms with Gasteiger partial charge in [0, 0.05) is 0 Å². The van der Waals surface area contributed by atoms with Crippen LogP contribution in [0.2, 0.25) is 0 Å². The molecule has 0 saturated carbocycles. The van der Waals surface area contributed by atoms with E-state index in [1.165, 1.54) is 55.2 Å². The van der Waals surface area contributed by atoms with Gasteiger partial charge in [-0.25, -0.2) is 0 Å². The summed E-state index contributed by atoms with van der Waals surface area (Å²) in [6.45, 7) is 3.11. The van der Waals surface area contributed by atoms with E-state index < -0.39 is 21.6 Å². The molecule has 0 saturated heterocycles. The predicted octanol–water partition coefficient (Wildman–Crippen LogP) is 6.50. The Morgan fingerprint density at radius 3 is 1.97 bits per heavy atom. The zero-order chi connectivity index (χ0) is 25.0. The van der Waals surface area contributed by atoms with E-state index in [2.05, 4.69) is 113 Å². The van der Waals surface area contributed by atoms with Crippen LogP contribution in [0, 0.1) is 0 Å². The van der Waals surface area contributed by atoms with Crippen molar-refractivity contribution >= 4 is 36.8 Å². The van der Waals surface area contributed by atoms with E-state index in [0.29, 0.717) is 0 Å². The monoisotopic (exact) mass is 698 g/mol. The van der Waals surface area contributed by atoms with E-state index in [1.807, 2.05) is 0 Å². The van der Waals surface area contributed by atoms with E-state index in [0.717, 1.165) is 19.4 Å². The maximum atomic E-state index is 8.23. The molecule has 0 atom stereocenters. The number of rotatable bonds is 10. The Kier molecular flexibility index (Phi) is 8.05. The zero-order valence-electron chi connectivity index (χ0n) is 20.9. The summed E-state index contributed by atoms with van der Waals surface area (Å²) >= 11 is -5.04. The van der Waals surface area contributed by atoms with Crippen molar-refractivity contribution in [3.05, 3.63) is 114 Å². The molecule has 0 spiro atoms. The molecule has 0 aliphatic heterocycles. The van der Waals surface area contributed by atoms with Gasteiger partial charge >= 0.3 is 227 Å². The second-order valence-electron chi connectivity index (χ2n) is 9.99. The summed E-state index contributed by atoms with van der Waals surface area (Å²) in [6.07, 6.45) is 5.65. The van der Waals surface area contributed by atoms with E-state index in [-0.39, 0.29) is 0 Å². The summed E-state index contributed by atoms with van der Waals surface area (Å²) in [7, 11) is 16.5. The first-order valence-electron chi connectivity index (χ1n) is 13.2. The van der Waals surface area contributed by atoms with Crippen molar-refractivity contribution in [1.29, 1.82) is 0 Å². The third-order valence-electron chi connectivity index (χ3n) is 7.60. The van der Waals surface area contributed by atoms with Crippen molar-refractivity contribution in [2.75, 3.05) is 6.54 Å². The van der Waals surface area contributed by atoms with Gasteiger partial charge in [-0.1, -0.05) is 0 Å². The number of nitrogens with one attached hydrogen (secondary N) is 1. The number of hydrogen-bond donors (Lipinski definition) is 1. The first-order valence-corrected chi connectivity index (χ1v) is 33.6. The van der Waals surface area contributed by atoms with Gasteiger partial charge in [-0.3, -0.25) is 0 Å². The molecule has 0 bridgehead atoms. The van der Waals surface area contributed by atoms with Crippen LogP contribution in [0.1, 0.15) is 43.7 Å². The molecule has 0 unspecified atom stereocenters. The fraction of sp³-hybridized carbons (Fsp3) is 0.226. The molecule has 1 nitrogen and oxygen atoms in total. The molecule has 0 aromatic heterocycles. The minimum atomic E-state index is -5.04. The number of benzene rings is 4. The Bertz CT molecular complexity index is 1290. The van der Waals surface area contributed by atoms with Gasteiger partial charge in [0.15, 0.2) is 0 Å². The summed E-state index contributed by atoms with van der Waals surface area (Å²) in [6, 6.07) is 37.1. The van der Waals surface area contributed by atoms with Gasteiger partial charge in [0.05, 0.1) is 0 Å². The van der Waals surface area contributed by atoms with Gasteiger partial charge in [-0.2, -0.15) is 0 Å². The summed E-state index contributed by atoms with van der Waals surface area (Å²) in [4.78, 5) is 0. The van der Waals surface area contributed by atoms with Crippen LogP contribution in [-0.4, -0.2) is 12.5 Å². The van der Waals surface area contributed by atoms with E-state index >= 15 is 0 Å². The topological polar surface area (TPSA) is 12.0 Å². The molecule has 185 valence electrons. The third-order valence-corrected chi connectivity index (χ3v) is 57.7. The SMILES string of the molecule is CCCCCC[NH][Hf]([Cl])([Cl])([c]1cccc2c1Cc1ccccc1-2)[SiH](c1ccccc1)c1ccccc1. The van der Waals surface area contributed by atoms with Crippen LogP contribution in [0.15, 0.2) is 103 Å². The second kappa shape index (κ2) is 11.1. The summed E-state index contributed by atoms with van der Waals surface area (Å²) in [5.74, 6) is -2.07. The van der Waals surface area contributed by atoms with Gasteiger partial charge < -0.3 is 0 Å². The fourth-order valence-electron chi connectivity index (χ4n) is 5.88. The normalized spacial score (nSPS) is 13.7. The molecule has 1 aliphatic carbocycles. The maximum absolute atomic E-state index is 8.23. The Labute approximate surface area is 225 Å². The van der Waals surface area contributed by atoms with Gasteiger partial charge in [-0.15, -0.1) is 0 Å². The van der Waals surface area contributed by atoms with Crippen molar-refractivity contribution < 1.29 is 15.6 Å². The van der Waals surface area contributed by atoms with E-state index in [1.54, 1.807) is 0 Å². The standard InChI is InChI=1S/C13H9.C12H11Si.C6H14N.2ClH.Hf/c1-3-7-12-10(5-1)9-11-6-2-4-8-13(11)12;1-3-7-11(8-4-1)13-12-9-5-2-6-10-12;1-2-3-4-5-6-7;;;/h1-5,7-8H,9H2;1-10,13H;7H,2-6H2,1H3;2*1H;/q;;-1;;;+3/p-2. The molecule has 0 radical (unpaired) electrons. The molecule has 0 heterocycles. The molecule has 5 heteroatoms. The van der Waals surface area contributed by atoms with Crippen molar-refractivity contribution in [2.24, 2.45) is 0 Å². The molecular formula is C31H34Cl2HfNSi. The quantitative estimate of drug-likeness (QED) is 0.130. The number of hydrogen-bond acceptors (Lipinski definition) is 1. The number of unbranched alkanes of at least 4 members (excludes halogenated alkanes) is 3. The second-order valence-corrected chi connectivity index (χ2v) is 59.3. The van der Waals surface area contributed by atoms with Crippen LogP contribution in [0.4, 0.5) is 0 Å². The molecule has 1 N–H and O–H groups in total. The van der Waals surface area contributed by atoms with Crippen molar-refractivity contribution in [1.82, 2.24) is 3.30 Å². The van der Waals surface area contributed by atoms with Crippen LogP contribution in [0.3, 0.4) is 0 Å². The van der Waals surface area contributed by atoms with Gasteiger partial charge in [0.25, 0.3) is 0 Å². The van der Waals surface area contributed by atoms with Crippen molar-refractivity contribution in [2.45, 2.75) is 39.0 Å². The van der Waals surface area contributed by atoms with Crippen LogP contribution in [0.25, 0.3) is 11.1 Å². The molecule has 4 aromatic rings. The van der Waals surface area contributed by atoms with Crippen LogP contribution >= 0.6 is 17.2 Å². The Morgan fingerprint density at radius 1 is 0.694 bits per heavy atom. The average molecular weight is 698 g/mol. The fourth-order valence-corrected chi connectivity index (χ4v) is 58.9. The Hall–Kier alpha value is -1.49. The summed E-state index contributed by atoms with van der Waals surface area (Å²) in [5.41, 5.74) is 5.33. The van der Waals surface area contributed by atoms with E-state index in [9.17, 15) is 0 Å². The molecule has 0 fully saturated rings. The molecule has 36 heavy (non-hydrogen) atoms. The van der Waals surface area contributed by atoms with Crippen LogP contribution in [-0.2, 0) is 22.0 Å². The summed E-state index contributed by atoms with van der Waals surface area (Å²) in [5, 5.41) is 2.64. The zero-order valence-corrected chi connectivity index (χ0v) is 27.2. The molecule has 0 amide bonds. The van der Waals surface area contributed by atoms with Crippen LogP contribution in [0.5, 0.6) is 0 Å².